The second-order valence-electron chi connectivity index (χ2n) is 21.9. The number of amides is 2. The minimum atomic E-state index is -0.571. The molecule has 2 amide bonds. The van der Waals surface area contributed by atoms with Crippen LogP contribution in [0.5, 0.6) is 6.01 Å². The molecule has 71 heavy (non-hydrogen) atoms. The Morgan fingerprint density at radius 2 is 1.82 bits per heavy atom. The molecule has 7 fully saturated rings. The topological polar surface area (TPSA) is 192 Å². The summed E-state index contributed by atoms with van der Waals surface area (Å²) in [6, 6.07) is 13.3. The fourth-order valence-electron chi connectivity index (χ4n) is 13.1. The van der Waals surface area contributed by atoms with Gasteiger partial charge in [0.05, 0.1) is 51.6 Å². The first-order valence-corrected chi connectivity index (χ1v) is 27.4. The highest BCUT2D eigenvalue weighted by Gasteiger charge is 2.51. The summed E-state index contributed by atoms with van der Waals surface area (Å²) in [4.78, 5) is 46.4. The van der Waals surface area contributed by atoms with Crippen molar-refractivity contribution in [3.05, 3.63) is 62.7 Å². The number of nitriles is 1. The van der Waals surface area contributed by atoms with Gasteiger partial charge in [-0.3, -0.25) is 25.0 Å². The summed E-state index contributed by atoms with van der Waals surface area (Å²) in [5.74, 6) is -0.281. The molecule has 368 valence electrons. The summed E-state index contributed by atoms with van der Waals surface area (Å²) in [5, 5.41) is 22.8. The fraction of sp³-hybridized carbons (Fsp3) is 0.528. The van der Waals surface area contributed by atoms with Crippen molar-refractivity contribution in [2.75, 3.05) is 69.7 Å². The number of H-pyrrole nitrogens is 1. The Morgan fingerprint density at radius 3 is 2.56 bits per heavy atom. The number of hydrogen-bond donors (Lipinski definition) is 3. The molecule has 2 spiro atoms. The molecule has 2 aliphatic carbocycles. The molecular weight excluding hydrogens is 1030 g/mol. The second-order valence-corrected chi connectivity index (χ2v) is 24.1. The number of ether oxygens (including phenoxy) is 2. The lowest BCUT2D eigenvalue weighted by atomic mass is 9.59. The average molecular weight is 1090 g/mol. The quantitative estimate of drug-likeness (QED) is 0.0875. The number of thiophene rings is 1. The minimum absolute atomic E-state index is 0.0171. The standard InChI is InChI=1S/C53H57FIN11O4S/c54-42-44(34-4-6-38(55)46-41(34)36(25-56)47(57)71-46)58-26-37-45(42)60-50(61-48(37)66-16-1-10-53(28-66)15-21-70-53)69-29-52(11-12-52)27-64-19-13-51(14-20-64)23-32(24-51)65-17-8-30(9-18-65)31-2-3-33-39(22-31)62-63-43(33)35-5-7-40(67)59-49(35)68/h2-4,6,22,26,30,32,35H,1,5,7-21,23-24,27-29,57H2,(H,62,63)(H,59,67,68)/t35?,53-/m0/s1. The molecular formula is C53H57FIN11O4S. The summed E-state index contributed by atoms with van der Waals surface area (Å²) < 4.78 is 31.7. The number of aromatic nitrogens is 5. The van der Waals surface area contributed by atoms with Crippen molar-refractivity contribution >= 4 is 88.5 Å². The number of nitrogens with two attached hydrogens (primary N) is 1. The first kappa shape index (κ1) is 45.8. The van der Waals surface area contributed by atoms with Crippen LogP contribution in [-0.2, 0) is 14.3 Å². The van der Waals surface area contributed by atoms with Gasteiger partial charge in [-0.1, -0.05) is 18.2 Å². The second kappa shape index (κ2) is 17.6. The predicted octanol–water partition coefficient (Wildman–Crippen LogP) is 8.54. The largest absolute Gasteiger partial charge is 0.463 e. The lowest BCUT2D eigenvalue weighted by Crippen LogP contribution is -2.56. The number of carbonyl (C=O) groups is 2. The van der Waals surface area contributed by atoms with E-state index in [-0.39, 0.29) is 46.0 Å². The van der Waals surface area contributed by atoms with E-state index in [1.165, 1.54) is 42.6 Å². The number of benzene rings is 2. The Bertz CT molecular complexity index is 3180. The van der Waals surface area contributed by atoms with Crippen LogP contribution in [0, 0.1) is 31.5 Å². The molecule has 5 aliphatic heterocycles. The Morgan fingerprint density at radius 1 is 1.00 bits per heavy atom. The number of hydrogen-bond acceptors (Lipinski definition) is 14. The van der Waals surface area contributed by atoms with Gasteiger partial charge < -0.3 is 29.9 Å². The smallest absolute Gasteiger partial charge is 0.319 e. The molecule has 4 N–H and O–H groups in total. The Hall–Kier alpha value is -5.07. The maximum atomic E-state index is 17.2. The van der Waals surface area contributed by atoms with E-state index in [4.69, 9.17) is 30.2 Å². The highest BCUT2D eigenvalue weighted by Crippen LogP contribution is 2.54. The van der Waals surface area contributed by atoms with Crippen molar-refractivity contribution in [1.29, 1.82) is 5.26 Å². The number of anilines is 2. The highest BCUT2D eigenvalue weighted by atomic mass is 127. The van der Waals surface area contributed by atoms with Crippen LogP contribution < -0.4 is 20.7 Å². The number of nitrogen functional groups attached to an aromatic ring is 1. The van der Waals surface area contributed by atoms with Gasteiger partial charge in [0.2, 0.25) is 11.8 Å². The number of fused-ring (bicyclic) bond motifs is 3. The third-order valence-corrected chi connectivity index (χ3v) is 19.9. The van der Waals surface area contributed by atoms with Gasteiger partial charge in [-0.15, -0.1) is 11.3 Å². The van der Waals surface area contributed by atoms with E-state index in [0.29, 0.717) is 76.1 Å². The number of likely N-dealkylation sites (tertiary alicyclic amines) is 2. The molecule has 2 saturated carbocycles. The Balaban J connectivity index is 0.649. The van der Waals surface area contributed by atoms with Crippen molar-refractivity contribution in [1.82, 2.24) is 40.3 Å². The van der Waals surface area contributed by atoms with Crippen LogP contribution in [-0.4, -0.2) is 117 Å². The van der Waals surface area contributed by atoms with Crippen LogP contribution in [0.15, 0.2) is 36.5 Å². The Kier molecular flexibility index (Phi) is 11.3. The molecule has 6 aromatic rings. The number of aromatic amines is 1. The maximum Gasteiger partial charge on any atom is 0.319 e. The SMILES string of the molecule is N#Cc1c(N)sc2c(I)ccc(-c3ncc4c(N5CCC[C@]6(CCO6)C5)nc(OCC5(CN6CCC7(CC6)CC(N6CCC(c8ccc9c(C%10CCC(=O)NC%10=O)[nH]nc9c8)CC6)C7)CC5)nc4c3F)c12. The van der Waals surface area contributed by atoms with Crippen LogP contribution in [0.2, 0.25) is 0 Å². The third-order valence-electron chi connectivity index (χ3n) is 17.6. The van der Waals surface area contributed by atoms with Gasteiger partial charge in [-0.2, -0.15) is 20.3 Å². The highest BCUT2D eigenvalue weighted by molar-refractivity contribution is 14.1. The average Bonchev–Trinajstić information content (AvgIpc) is 3.86. The van der Waals surface area contributed by atoms with Crippen LogP contribution >= 0.6 is 33.9 Å². The van der Waals surface area contributed by atoms with E-state index in [1.807, 2.05) is 12.1 Å². The molecule has 1 unspecified atom stereocenters. The van der Waals surface area contributed by atoms with E-state index >= 15 is 4.39 Å². The van der Waals surface area contributed by atoms with Crippen molar-refractivity contribution in [3.63, 3.8) is 0 Å². The number of piperidine rings is 4. The van der Waals surface area contributed by atoms with Gasteiger partial charge in [-0.25, -0.2) is 4.39 Å². The zero-order valence-corrected chi connectivity index (χ0v) is 42.7. The molecule has 13 rings (SSSR count). The number of carbonyl (C=O) groups excluding carboxylic acids is 2. The van der Waals surface area contributed by atoms with E-state index < -0.39 is 5.82 Å². The van der Waals surface area contributed by atoms with Gasteiger partial charge in [-0.05, 0) is 148 Å². The molecule has 5 saturated heterocycles. The lowest BCUT2D eigenvalue weighted by Gasteiger charge is -2.56. The van der Waals surface area contributed by atoms with E-state index in [9.17, 15) is 14.9 Å². The zero-order chi connectivity index (χ0) is 48.2. The van der Waals surface area contributed by atoms with Gasteiger partial charge >= 0.3 is 6.01 Å². The number of rotatable bonds is 10. The zero-order valence-electron chi connectivity index (χ0n) is 39.7. The van der Waals surface area contributed by atoms with E-state index in [2.05, 4.69) is 77.1 Å². The Labute approximate surface area is 428 Å². The monoisotopic (exact) mass is 1090 g/mol. The molecule has 0 bridgehead atoms. The van der Waals surface area contributed by atoms with Gasteiger partial charge in [0.15, 0.2) is 5.82 Å². The van der Waals surface area contributed by atoms with E-state index in [1.54, 1.807) is 6.20 Å². The predicted molar refractivity (Wildman–Crippen MR) is 278 cm³/mol. The minimum Gasteiger partial charge on any atom is -0.463 e. The van der Waals surface area contributed by atoms with Crippen molar-refractivity contribution in [2.24, 2.45) is 10.8 Å². The number of nitrogens with zero attached hydrogens (tertiary/aromatic N) is 8. The summed E-state index contributed by atoms with van der Waals surface area (Å²) in [6.07, 6.45) is 14.9. The van der Waals surface area contributed by atoms with Gasteiger partial charge in [0.25, 0.3) is 0 Å². The number of imide groups is 1. The number of nitrogens with one attached hydrogen (secondary N) is 2. The third kappa shape index (κ3) is 8.12. The van der Waals surface area contributed by atoms with Gasteiger partial charge in [0, 0.05) is 70.0 Å². The van der Waals surface area contributed by atoms with Crippen LogP contribution in [0.25, 0.3) is 43.1 Å². The molecule has 2 aromatic carbocycles. The normalized spacial score (nSPS) is 24.9. The molecule has 0 radical (unpaired) electrons. The number of pyridine rings is 1. The molecule has 4 aromatic heterocycles. The van der Waals surface area contributed by atoms with Crippen molar-refractivity contribution in [3.8, 4) is 23.3 Å². The van der Waals surface area contributed by atoms with E-state index in [0.717, 1.165) is 116 Å². The van der Waals surface area contributed by atoms with Gasteiger partial charge in [0.1, 0.15) is 28.1 Å². The summed E-state index contributed by atoms with van der Waals surface area (Å²) in [5.41, 5.74) is 10.7. The number of halogens is 2. The molecule has 2 atom stereocenters. The molecule has 18 heteroatoms. The molecule has 15 nitrogen and oxygen atoms in total. The molecule has 7 aliphatic rings. The fourth-order valence-corrected chi connectivity index (χ4v) is 14.9. The first-order valence-electron chi connectivity index (χ1n) is 25.5. The van der Waals surface area contributed by atoms with Crippen LogP contribution in [0.3, 0.4) is 0 Å². The summed E-state index contributed by atoms with van der Waals surface area (Å²) in [7, 11) is 0. The lowest BCUT2D eigenvalue weighted by molar-refractivity contribution is -0.151. The maximum absolute atomic E-state index is 17.2. The van der Waals surface area contributed by atoms with Crippen LogP contribution in [0.4, 0.5) is 15.2 Å². The summed E-state index contributed by atoms with van der Waals surface area (Å²) in [6.45, 7) is 8.07. The van der Waals surface area contributed by atoms with Crippen molar-refractivity contribution < 1.29 is 23.5 Å². The molecule has 9 heterocycles. The van der Waals surface area contributed by atoms with Crippen molar-refractivity contribution in [2.45, 2.75) is 107 Å². The first-order chi connectivity index (χ1) is 34.5. The summed E-state index contributed by atoms with van der Waals surface area (Å²) >= 11 is 3.56. The van der Waals surface area contributed by atoms with Crippen LogP contribution in [0.1, 0.15) is 112 Å².